The van der Waals surface area contributed by atoms with Crippen molar-refractivity contribution in [3.8, 4) is 0 Å². The second-order valence-electron chi connectivity index (χ2n) is 3.75. The Hall–Kier alpha value is -1.11. The Bertz CT molecular complexity index is 380. The first-order valence-corrected chi connectivity index (χ1v) is 6.27. The summed E-state index contributed by atoms with van der Waals surface area (Å²) in [5.41, 5.74) is 0. The summed E-state index contributed by atoms with van der Waals surface area (Å²) >= 11 is 1.28. The molecule has 0 fully saturated rings. The average Bonchev–Trinajstić information content (AvgIpc) is 2.81. The molecule has 0 saturated heterocycles. The minimum absolute atomic E-state index is 0.422. The Labute approximate surface area is 106 Å². The molecule has 1 amide bonds. The van der Waals surface area contributed by atoms with Gasteiger partial charge in [0.25, 0.3) is 5.91 Å². The summed E-state index contributed by atoms with van der Waals surface area (Å²) in [4.78, 5) is 11.8. The van der Waals surface area contributed by atoms with Crippen LogP contribution in [0, 0.1) is 0 Å². The Morgan fingerprint density at radius 1 is 1.50 bits per heavy atom. The fourth-order valence-electron chi connectivity index (χ4n) is 1.42. The molecule has 1 unspecified atom stereocenters. The van der Waals surface area contributed by atoms with E-state index in [1.807, 2.05) is 12.2 Å². The molecule has 102 valence electrons. The third-order valence-corrected chi connectivity index (χ3v) is 3.33. The number of amides is 1. The molecule has 0 aliphatic rings. The van der Waals surface area contributed by atoms with Gasteiger partial charge in [-0.3, -0.25) is 4.79 Å². The van der Waals surface area contributed by atoms with Crippen molar-refractivity contribution in [2.45, 2.75) is 38.2 Å². The molecule has 7 heteroatoms. The predicted octanol–water partition coefficient (Wildman–Crippen LogP) is 3.61. The van der Waals surface area contributed by atoms with Crippen molar-refractivity contribution in [2.75, 3.05) is 0 Å². The summed E-state index contributed by atoms with van der Waals surface area (Å²) in [5, 5.41) is 3.71. The van der Waals surface area contributed by atoms with Crippen molar-refractivity contribution in [3.05, 3.63) is 22.4 Å². The third kappa shape index (κ3) is 3.44. The summed E-state index contributed by atoms with van der Waals surface area (Å²) in [5.74, 6) is -6.58. The highest BCUT2D eigenvalue weighted by atomic mass is 32.1. The highest BCUT2D eigenvalue weighted by Crippen LogP contribution is 2.27. The quantitative estimate of drug-likeness (QED) is 0.794. The molecule has 1 N–H and O–H groups in total. The zero-order valence-corrected chi connectivity index (χ0v) is 10.4. The van der Waals surface area contributed by atoms with Crippen LogP contribution >= 0.6 is 11.3 Å². The van der Waals surface area contributed by atoms with Gasteiger partial charge in [0.05, 0.1) is 6.04 Å². The summed E-state index contributed by atoms with van der Waals surface area (Å²) < 4.78 is 49.7. The molecule has 18 heavy (non-hydrogen) atoms. The van der Waals surface area contributed by atoms with E-state index in [0.717, 1.165) is 0 Å². The number of thiophene rings is 1. The molecular weight excluding hydrogens is 270 g/mol. The van der Waals surface area contributed by atoms with Gasteiger partial charge >= 0.3 is 12.3 Å². The summed E-state index contributed by atoms with van der Waals surface area (Å²) in [6.07, 6.45) is -2.93. The molecule has 1 heterocycles. The Morgan fingerprint density at radius 3 is 2.61 bits per heavy atom. The minimum Gasteiger partial charge on any atom is -0.343 e. The number of rotatable bonds is 6. The third-order valence-electron chi connectivity index (χ3n) is 2.35. The number of halogens is 4. The SMILES string of the molecule is CCCC(NC(=O)C(F)(F)C(F)F)c1cccs1. The largest absolute Gasteiger partial charge is 0.383 e. The maximum absolute atomic E-state index is 12.8. The lowest BCUT2D eigenvalue weighted by Crippen LogP contribution is -2.46. The van der Waals surface area contributed by atoms with Crippen LogP contribution in [-0.2, 0) is 4.79 Å². The van der Waals surface area contributed by atoms with Crippen LogP contribution in [0.15, 0.2) is 17.5 Å². The number of nitrogens with one attached hydrogen (secondary N) is 1. The van der Waals surface area contributed by atoms with Crippen LogP contribution in [0.2, 0.25) is 0 Å². The van der Waals surface area contributed by atoms with Crippen molar-refractivity contribution < 1.29 is 22.4 Å². The monoisotopic (exact) mass is 283 g/mol. The van der Waals surface area contributed by atoms with E-state index >= 15 is 0 Å². The van der Waals surface area contributed by atoms with Gasteiger partial charge < -0.3 is 5.32 Å². The van der Waals surface area contributed by atoms with Gasteiger partial charge in [-0.05, 0) is 17.9 Å². The first kappa shape index (κ1) is 14.9. The van der Waals surface area contributed by atoms with Crippen molar-refractivity contribution >= 4 is 17.2 Å². The second kappa shape index (κ2) is 6.17. The van der Waals surface area contributed by atoms with Crippen molar-refractivity contribution in [1.82, 2.24) is 5.32 Å². The topological polar surface area (TPSA) is 29.1 Å². The molecule has 0 spiro atoms. The minimum atomic E-state index is -4.65. The van der Waals surface area contributed by atoms with Crippen LogP contribution in [0.1, 0.15) is 30.7 Å². The fraction of sp³-hybridized carbons (Fsp3) is 0.545. The Kier molecular flexibility index (Phi) is 5.13. The smallest absolute Gasteiger partial charge is 0.343 e. The van der Waals surface area contributed by atoms with Crippen LogP contribution in [0.25, 0.3) is 0 Å². The zero-order chi connectivity index (χ0) is 13.8. The first-order chi connectivity index (χ1) is 8.39. The fourth-order valence-corrected chi connectivity index (χ4v) is 2.23. The van der Waals surface area contributed by atoms with Crippen molar-refractivity contribution in [1.29, 1.82) is 0 Å². The molecule has 1 atom stereocenters. The van der Waals surface area contributed by atoms with E-state index in [1.165, 1.54) is 11.3 Å². The van der Waals surface area contributed by atoms with Crippen LogP contribution in [0.4, 0.5) is 17.6 Å². The molecule has 0 aromatic carbocycles. The van der Waals surface area contributed by atoms with E-state index in [-0.39, 0.29) is 0 Å². The van der Waals surface area contributed by atoms with E-state index in [0.29, 0.717) is 17.7 Å². The van der Waals surface area contributed by atoms with Crippen LogP contribution < -0.4 is 5.32 Å². The maximum Gasteiger partial charge on any atom is 0.383 e. The van der Waals surface area contributed by atoms with Gasteiger partial charge in [-0.15, -0.1) is 11.3 Å². The van der Waals surface area contributed by atoms with Crippen LogP contribution in [-0.4, -0.2) is 18.3 Å². The van der Waals surface area contributed by atoms with Crippen LogP contribution in [0.3, 0.4) is 0 Å². The predicted molar refractivity (Wildman–Crippen MR) is 61.1 cm³/mol. The van der Waals surface area contributed by atoms with Gasteiger partial charge in [-0.1, -0.05) is 19.4 Å². The van der Waals surface area contributed by atoms with E-state index in [4.69, 9.17) is 0 Å². The summed E-state index contributed by atoms with van der Waals surface area (Å²) in [7, 11) is 0. The van der Waals surface area contributed by atoms with E-state index in [2.05, 4.69) is 0 Å². The van der Waals surface area contributed by atoms with Crippen LogP contribution in [0.5, 0.6) is 0 Å². The first-order valence-electron chi connectivity index (χ1n) is 5.40. The van der Waals surface area contributed by atoms with Crippen molar-refractivity contribution in [3.63, 3.8) is 0 Å². The molecule has 0 bridgehead atoms. The van der Waals surface area contributed by atoms with E-state index in [1.54, 1.807) is 17.5 Å². The summed E-state index contributed by atoms with van der Waals surface area (Å²) in [6.45, 7) is 1.82. The van der Waals surface area contributed by atoms with E-state index in [9.17, 15) is 22.4 Å². The molecule has 0 saturated carbocycles. The molecule has 1 aromatic heterocycles. The van der Waals surface area contributed by atoms with Crippen molar-refractivity contribution in [2.24, 2.45) is 0 Å². The lowest BCUT2D eigenvalue weighted by Gasteiger charge is -2.21. The zero-order valence-electron chi connectivity index (χ0n) is 9.63. The van der Waals surface area contributed by atoms with Gasteiger partial charge in [-0.2, -0.15) is 8.78 Å². The summed E-state index contributed by atoms with van der Waals surface area (Å²) in [6, 6.07) is 2.73. The standard InChI is InChI=1S/C11H13F4NOS/c1-2-4-7(8-5-3-6-18-8)16-10(17)11(14,15)9(12)13/h3,5-7,9H,2,4H2,1H3,(H,16,17). The average molecular weight is 283 g/mol. The van der Waals surface area contributed by atoms with Gasteiger partial charge in [0.15, 0.2) is 0 Å². The Balaban J connectivity index is 2.76. The highest BCUT2D eigenvalue weighted by Gasteiger charge is 2.49. The van der Waals surface area contributed by atoms with Gasteiger partial charge in [0.1, 0.15) is 0 Å². The number of alkyl halides is 4. The molecule has 0 aliphatic carbocycles. The molecule has 0 aliphatic heterocycles. The Morgan fingerprint density at radius 2 is 2.17 bits per heavy atom. The lowest BCUT2D eigenvalue weighted by atomic mass is 10.1. The number of carbonyl (C=O) groups is 1. The van der Waals surface area contributed by atoms with E-state index < -0.39 is 24.3 Å². The molecule has 1 aromatic rings. The molecule has 0 radical (unpaired) electrons. The number of carbonyl (C=O) groups excluding carboxylic acids is 1. The lowest BCUT2D eigenvalue weighted by molar-refractivity contribution is -0.170. The second-order valence-corrected chi connectivity index (χ2v) is 4.73. The molecular formula is C11H13F4NOS. The van der Waals surface area contributed by atoms with Gasteiger partial charge in [0.2, 0.25) is 0 Å². The highest BCUT2D eigenvalue weighted by molar-refractivity contribution is 7.10. The van der Waals surface area contributed by atoms with Gasteiger partial charge in [0, 0.05) is 4.88 Å². The molecule has 1 rings (SSSR count). The van der Waals surface area contributed by atoms with Gasteiger partial charge in [-0.25, -0.2) is 8.78 Å². The normalized spacial score (nSPS) is 13.7. The number of hydrogen-bond acceptors (Lipinski definition) is 2. The molecule has 2 nitrogen and oxygen atoms in total. The number of hydrogen-bond donors (Lipinski definition) is 1. The maximum atomic E-state index is 12.8.